The Balaban J connectivity index is 1.45. The van der Waals surface area contributed by atoms with Gasteiger partial charge in [-0.15, -0.1) is 0 Å². The fraction of sp³-hybridized carbons (Fsp3) is 0.609. The Morgan fingerprint density at radius 1 is 1.27 bits per heavy atom. The van der Waals surface area contributed by atoms with E-state index in [-0.39, 0.29) is 18.5 Å². The number of benzene rings is 1. The van der Waals surface area contributed by atoms with E-state index in [1.807, 2.05) is 13.0 Å². The van der Waals surface area contributed by atoms with E-state index in [0.29, 0.717) is 37.4 Å². The van der Waals surface area contributed by atoms with Crippen LogP contribution in [0.15, 0.2) is 30.4 Å². The maximum atomic E-state index is 13.5. The van der Waals surface area contributed by atoms with Crippen LogP contribution in [0.25, 0.3) is 0 Å². The first-order valence-electron chi connectivity index (χ1n) is 10.8. The van der Waals surface area contributed by atoms with Gasteiger partial charge in [-0.25, -0.2) is 0 Å². The van der Waals surface area contributed by atoms with E-state index in [9.17, 15) is 18.0 Å². The molecule has 1 amide bonds. The predicted molar refractivity (Wildman–Crippen MR) is 108 cm³/mol. The Labute approximate surface area is 175 Å². The molecule has 2 heterocycles. The molecule has 4 rings (SSSR count). The van der Waals surface area contributed by atoms with Crippen molar-refractivity contribution in [2.75, 3.05) is 19.8 Å². The maximum absolute atomic E-state index is 13.5. The zero-order valence-corrected chi connectivity index (χ0v) is 17.3. The fourth-order valence-electron chi connectivity index (χ4n) is 4.90. The lowest BCUT2D eigenvalue weighted by molar-refractivity contribution is -0.140. The van der Waals surface area contributed by atoms with Crippen molar-refractivity contribution in [3.63, 3.8) is 0 Å². The van der Waals surface area contributed by atoms with E-state index >= 15 is 0 Å². The standard InChI is InChI=1S/C23H29F3N2O2/c1-2-22(9-5-20(14-22)27-19-7-11-30-12-8-19)21(29)28-10-6-16-3-4-18(23(24,25)26)13-17(16)15-28/h3-5,9,13,19-20,27H,2,6-8,10-12,14-15H2,1H3/t20?,22-/m0/s1. The van der Waals surface area contributed by atoms with Crippen molar-refractivity contribution in [1.82, 2.24) is 10.2 Å². The van der Waals surface area contributed by atoms with Gasteiger partial charge in [0, 0.05) is 38.4 Å². The average molecular weight is 422 g/mol. The molecule has 0 saturated carbocycles. The van der Waals surface area contributed by atoms with Crippen molar-refractivity contribution in [3.05, 3.63) is 47.0 Å². The molecule has 1 N–H and O–H groups in total. The van der Waals surface area contributed by atoms with Gasteiger partial charge in [0.2, 0.25) is 5.91 Å². The first-order chi connectivity index (χ1) is 14.3. The van der Waals surface area contributed by atoms with Gasteiger partial charge >= 0.3 is 6.18 Å². The van der Waals surface area contributed by atoms with E-state index in [2.05, 4.69) is 11.4 Å². The number of fused-ring (bicyclic) bond motifs is 1. The second-order valence-electron chi connectivity index (χ2n) is 8.69. The lowest BCUT2D eigenvalue weighted by atomic mass is 9.81. The number of halogens is 3. The molecule has 7 heteroatoms. The van der Waals surface area contributed by atoms with Crippen LogP contribution in [0.2, 0.25) is 0 Å². The Morgan fingerprint density at radius 2 is 2.03 bits per heavy atom. The third kappa shape index (κ3) is 4.28. The number of alkyl halides is 3. The average Bonchev–Trinajstić information content (AvgIpc) is 3.16. The fourth-order valence-corrected chi connectivity index (χ4v) is 4.90. The Morgan fingerprint density at radius 3 is 2.73 bits per heavy atom. The normalized spacial score (nSPS) is 27.3. The minimum atomic E-state index is -4.37. The van der Waals surface area contributed by atoms with Gasteiger partial charge in [0.25, 0.3) is 0 Å². The zero-order valence-electron chi connectivity index (χ0n) is 17.3. The second-order valence-corrected chi connectivity index (χ2v) is 8.69. The van der Waals surface area contributed by atoms with Gasteiger partial charge in [-0.05, 0) is 55.4 Å². The molecule has 0 bridgehead atoms. The first-order valence-corrected chi connectivity index (χ1v) is 10.8. The van der Waals surface area contributed by atoms with Gasteiger partial charge in [0.1, 0.15) is 0 Å². The number of carbonyl (C=O) groups is 1. The third-order valence-electron chi connectivity index (χ3n) is 6.79. The van der Waals surface area contributed by atoms with E-state index in [1.54, 1.807) is 11.0 Å². The highest BCUT2D eigenvalue weighted by molar-refractivity contribution is 5.85. The molecule has 0 radical (unpaired) electrons. The highest BCUT2D eigenvalue weighted by atomic mass is 19.4. The smallest absolute Gasteiger partial charge is 0.381 e. The molecule has 1 fully saturated rings. The first kappa shape index (κ1) is 21.4. The van der Waals surface area contributed by atoms with Gasteiger partial charge in [-0.3, -0.25) is 4.79 Å². The van der Waals surface area contributed by atoms with Crippen LogP contribution >= 0.6 is 0 Å². The van der Waals surface area contributed by atoms with Crippen LogP contribution in [0.3, 0.4) is 0 Å². The monoisotopic (exact) mass is 422 g/mol. The molecular formula is C23H29F3N2O2. The largest absolute Gasteiger partial charge is 0.416 e. The minimum absolute atomic E-state index is 0.0283. The van der Waals surface area contributed by atoms with Gasteiger partial charge < -0.3 is 15.0 Å². The quantitative estimate of drug-likeness (QED) is 0.744. The summed E-state index contributed by atoms with van der Waals surface area (Å²) in [6.45, 7) is 4.33. The van der Waals surface area contributed by atoms with Crippen molar-refractivity contribution in [1.29, 1.82) is 0 Å². The number of nitrogens with zero attached hydrogens (tertiary/aromatic N) is 1. The second kappa shape index (κ2) is 8.35. The SMILES string of the molecule is CC[C@]1(C(=O)N2CCc3ccc(C(F)(F)F)cc3C2)C=CC(NC2CCOCC2)C1. The van der Waals surface area contributed by atoms with Crippen LogP contribution < -0.4 is 5.32 Å². The lowest BCUT2D eigenvalue weighted by Crippen LogP contribution is -2.47. The molecule has 1 aliphatic carbocycles. The van der Waals surface area contributed by atoms with Crippen molar-refractivity contribution in [2.24, 2.45) is 5.41 Å². The highest BCUT2D eigenvalue weighted by Gasteiger charge is 2.43. The molecule has 4 nitrogen and oxygen atoms in total. The van der Waals surface area contributed by atoms with Gasteiger partial charge in [-0.1, -0.05) is 25.1 Å². The number of carbonyl (C=O) groups excluding carboxylic acids is 1. The topological polar surface area (TPSA) is 41.6 Å². The van der Waals surface area contributed by atoms with Crippen molar-refractivity contribution >= 4 is 5.91 Å². The highest BCUT2D eigenvalue weighted by Crippen LogP contribution is 2.39. The maximum Gasteiger partial charge on any atom is 0.416 e. The molecule has 164 valence electrons. The summed E-state index contributed by atoms with van der Waals surface area (Å²) in [6.07, 6.45) is 3.66. The summed E-state index contributed by atoms with van der Waals surface area (Å²) in [4.78, 5) is 15.2. The van der Waals surface area contributed by atoms with E-state index in [1.165, 1.54) is 6.07 Å². The molecule has 0 aromatic heterocycles. The Bertz CT molecular complexity index is 817. The summed E-state index contributed by atoms with van der Waals surface area (Å²) in [5, 5.41) is 3.64. The molecule has 30 heavy (non-hydrogen) atoms. The summed E-state index contributed by atoms with van der Waals surface area (Å²) >= 11 is 0. The molecule has 1 unspecified atom stereocenters. The van der Waals surface area contributed by atoms with Crippen molar-refractivity contribution in [2.45, 2.75) is 63.8 Å². The van der Waals surface area contributed by atoms with Crippen molar-refractivity contribution < 1.29 is 22.7 Å². The number of hydrogen-bond donors (Lipinski definition) is 1. The van der Waals surface area contributed by atoms with E-state index in [4.69, 9.17) is 4.74 Å². The summed E-state index contributed by atoms with van der Waals surface area (Å²) in [7, 11) is 0. The lowest BCUT2D eigenvalue weighted by Gasteiger charge is -2.37. The molecule has 0 spiro atoms. The molecule has 1 aromatic rings. The Kier molecular flexibility index (Phi) is 5.95. The third-order valence-corrected chi connectivity index (χ3v) is 6.79. The van der Waals surface area contributed by atoms with Crippen molar-refractivity contribution in [3.8, 4) is 0 Å². The molecule has 3 aliphatic rings. The molecule has 2 aliphatic heterocycles. The summed E-state index contributed by atoms with van der Waals surface area (Å²) in [5.74, 6) is 0.0283. The molecule has 1 saturated heterocycles. The van der Waals surface area contributed by atoms with E-state index in [0.717, 1.165) is 37.7 Å². The Hall–Kier alpha value is -1.86. The number of rotatable bonds is 4. The van der Waals surface area contributed by atoms with Gasteiger partial charge in [-0.2, -0.15) is 13.2 Å². The summed E-state index contributed by atoms with van der Waals surface area (Å²) < 4.78 is 44.7. The summed E-state index contributed by atoms with van der Waals surface area (Å²) in [6, 6.07) is 4.44. The molecular weight excluding hydrogens is 393 g/mol. The van der Waals surface area contributed by atoms with Crippen LogP contribution in [-0.2, 0) is 28.7 Å². The number of nitrogens with one attached hydrogen (secondary N) is 1. The van der Waals surface area contributed by atoms with Crippen LogP contribution in [0, 0.1) is 5.41 Å². The number of hydrogen-bond acceptors (Lipinski definition) is 3. The van der Waals surface area contributed by atoms with Crippen LogP contribution in [0.4, 0.5) is 13.2 Å². The van der Waals surface area contributed by atoms with Gasteiger partial charge in [0.15, 0.2) is 0 Å². The van der Waals surface area contributed by atoms with Crippen LogP contribution in [-0.4, -0.2) is 42.6 Å². The summed E-state index contributed by atoms with van der Waals surface area (Å²) in [5.41, 5.74) is 0.275. The molecule has 1 aromatic carbocycles. The zero-order chi connectivity index (χ0) is 21.4. The van der Waals surface area contributed by atoms with Crippen LogP contribution in [0.5, 0.6) is 0 Å². The van der Waals surface area contributed by atoms with E-state index < -0.39 is 17.2 Å². The number of amides is 1. The number of ether oxygens (including phenoxy) is 1. The minimum Gasteiger partial charge on any atom is -0.381 e. The predicted octanol–water partition coefficient (Wildman–Crippen LogP) is 4.08. The van der Waals surface area contributed by atoms with Gasteiger partial charge in [0.05, 0.1) is 11.0 Å². The van der Waals surface area contributed by atoms with Crippen LogP contribution in [0.1, 0.15) is 49.3 Å². The molecule has 2 atom stereocenters.